The van der Waals surface area contributed by atoms with E-state index in [9.17, 15) is 28.4 Å². The molecule has 3 aromatic carbocycles. The summed E-state index contributed by atoms with van der Waals surface area (Å²) >= 11 is 5.83. The fraction of sp³-hybridized carbons (Fsp3) is 0.0952. The predicted octanol–water partition coefficient (Wildman–Crippen LogP) is 4.66. The predicted molar refractivity (Wildman–Crippen MR) is 116 cm³/mol. The van der Waals surface area contributed by atoms with Crippen LogP contribution in [-0.2, 0) is 9.84 Å². The topological polar surface area (TPSA) is 127 Å². The molecule has 0 atom stereocenters. The average Bonchev–Trinajstić information content (AvgIpc) is 2.72. The summed E-state index contributed by atoms with van der Waals surface area (Å²) in [7, 11) is -4.11. The lowest BCUT2D eigenvalue weighted by Crippen LogP contribution is -2.15. The molecule has 0 aliphatic rings. The van der Waals surface area contributed by atoms with Gasteiger partial charge in [-0.1, -0.05) is 11.6 Å². The molecule has 0 heterocycles. The van der Waals surface area contributed by atoms with Gasteiger partial charge in [0.25, 0.3) is 11.6 Å². The number of carbonyl (C=O) groups excluding carboxylic acids is 1. The van der Waals surface area contributed by atoms with Crippen molar-refractivity contribution in [1.29, 1.82) is 0 Å². The Morgan fingerprint density at radius 2 is 1.65 bits per heavy atom. The van der Waals surface area contributed by atoms with Crippen molar-refractivity contribution in [1.82, 2.24) is 0 Å². The van der Waals surface area contributed by atoms with E-state index in [2.05, 4.69) is 5.32 Å². The van der Waals surface area contributed by atoms with Crippen LogP contribution in [0.15, 0.2) is 64.4 Å². The lowest BCUT2D eigenvalue weighted by molar-refractivity contribution is -0.384. The van der Waals surface area contributed by atoms with Gasteiger partial charge in [-0.3, -0.25) is 14.9 Å². The van der Waals surface area contributed by atoms with Gasteiger partial charge in [-0.2, -0.15) is 0 Å². The second-order valence-corrected chi connectivity index (χ2v) is 9.08. The molecule has 0 saturated carbocycles. The van der Waals surface area contributed by atoms with E-state index in [0.29, 0.717) is 5.02 Å². The number of nitrogens with zero attached hydrogens (tertiary/aromatic N) is 1. The van der Waals surface area contributed by atoms with E-state index in [1.165, 1.54) is 68.4 Å². The smallest absolute Gasteiger partial charge is 0.269 e. The van der Waals surface area contributed by atoms with Gasteiger partial charge in [0.15, 0.2) is 0 Å². The van der Waals surface area contributed by atoms with Gasteiger partial charge in [0.1, 0.15) is 10.6 Å². The number of phenols is 1. The second-order valence-electron chi connectivity index (χ2n) is 6.76. The minimum absolute atomic E-state index is 0.0615. The number of anilines is 1. The number of hydrogen-bond acceptors (Lipinski definition) is 6. The SMILES string of the molecule is Cc1cc(NC(=O)c2ccc([N+](=O)[O-])cc2)c(C)c(S(=O)(=O)c2ccc(Cl)cc2)c1O. The van der Waals surface area contributed by atoms with Crippen LogP contribution in [0.1, 0.15) is 21.5 Å². The fourth-order valence-corrected chi connectivity index (χ4v) is 4.78. The van der Waals surface area contributed by atoms with Crippen molar-refractivity contribution < 1.29 is 23.2 Å². The van der Waals surface area contributed by atoms with Gasteiger partial charge in [0, 0.05) is 28.4 Å². The number of aromatic hydroxyl groups is 1. The number of aryl methyl sites for hydroxylation is 1. The monoisotopic (exact) mass is 460 g/mol. The third kappa shape index (κ3) is 4.37. The summed E-state index contributed by atoms with van der Waals surface area (Å²) in [6, 6.07) is 11.9. The molecule has 0 spiro atoms. The Morgan fingerprint density at radius 1 is 1.06 bits per heavy atom. The Balaban J connectivity index is 2.03. The van der Waals surface area contributed by atoms with E-state index in [4.69, 9.17) is 11.6 Å². The minimum atomic E-state index is -4.11. The zero-order valence-electron chi connectivity index (χ0n) is 16.4. The Hall–Kier alpha value is -3.43. The summed E-state index contributed by atoms with van der Waals surface area (Å²) in [5.74, 6) is -1.00. The van der Waals surface area contributed by atoms with Gasteiger partial charge in [0.2, 0.25) is 9.84 Å². The first kappa shape index (κ1) is 22.3. The van der Waals surface area contributed by atoms with Crippen molar-refractivity contribution in [2.75, 3.05) is 5.32 Å². The normalized spacial score (nSPS) is 11.2. The number of hydrogen-bond donors (Lipinski definition) is 2. The average molecular weight is 461 g/mol. The largest absolute Gasteiger partial charge is 0.506 e. The van der Waals surface area contributed by atoms with Crippen LogP contribution >= 0.6 is 11.6 Å². The molecule has 3 rings (SSSR count). The second kappa shape index (κ2) is 8.37. The summed E-state index contributed by atoms with van der Waals surface area (Å²) < 4.78 is 26.3. The van der Waals surface area contributed by atoms with Crippen LogP contribution in [0.3, 0.4) is 0 Å². The number of nitrogens with one attached hydrogen (secondary N) is 1. The van der Waals surface area contributed by atoms with E-state index >= 15 is 0 Å². The molecule has 0 aromatic heterocycles. The van der Waals surface area contributed by atoms with Crippen molar-refractivity contribution in [3.63, 3.8) is 0 Å². The number of nitro benzene ring substituents is 1. The maximum Gasteiger partial charge on any atom is 0.269 e. The summed E-state index contributed by atoms with van der Waals surface area (Å²) in [4.78, 5) is 22.4. The van der Waals surface area contributed by atoms with E-state index < -0.39 is 26.4 Å². The fourth-order valence-electron chi connectivity index (χ4n) is 2.99. The van der Waals surface area contributed by atoms with Crippen molar-refractivity contribution >= 4 is 38.7 Å². The molecule has 31 heavy (non-hydrogen) atoms. The zero-order valence-corrected chi connectivity index (χ0v) is 18.0. The molecule has 0 radical (unpaired) electrons. The number of benzene rings is 3. The summed E-state index contributed by atoms with van der Waals surface area (Å²) in [5, 5.41) is 24.2. The molecular weight excluding hydrogens is 444 g/mol. The highest BCUT2D eigenvalue weighted by Gasteiger charge is 2.27. The van der Waals surface area contributed by atoms with E-state index in [1.807, 2.05) is 0 Å². The van der Waals surface area contributed by atoms with E-state index in [0.717, 1.165) is 0 Å². The van der Waals surface area contributed by atoms with Crippen LogP contribution < -0.4 is 5.32 Å². The first-order chi connectivity index (χ1) is 14.5. The maximum atomic E-state index is 13.2. The molecule has 2 N–H and O–H groups in total. The summed E-state index contributed by atoms with van der Waals surface area (Å²) in [6.07, 6.45) is 0. The number of phenolic OH excluding ortho intramolecular Hbond substituents is 1. The molecule has 0 aliphatic carbocycles. The van der Waals surface area contributed by atoms with Crippen molar-refractivity contribution in [3.8, 4) is 5.75 Å². The quantitative estimate of drug-likeness (QED) is 0.324. The van der Waals surface area contributed by atoms with Crippen LogP contribution in [0.2, 0.25) is 5.02 Å². The lowest BCUT2D eigenvalue weighted by atomic mass is 10.1. The summed E-state index contributed by atoms with van der Waals surface area (Å²) in [5.41, 5.74) is 0.569. The number of rotatable bonds is 5. The first-order valence-corrected chi connectivity index (χ1v) is 10.8. The number of nitro groups is 1. The lowest BCUT2D eigenvalue weighted by Gasteiger charge is -2.17. The van der Waals surface area contributed by atoms with Crippen LogP contribution in [0.4, 0.5) is 11.4 Å². The molecule has 0 saturated heterocycles. The Labute approximate surface area is 183 Å². The maximum absolute atomic E-state index is 13.2. The molecule has 0 fully saturated rings. The van der Waals surface area contributed by atoms with Crippen molar-refractivity contribution in [3.05, 3.63) is 86.4 Å². The number of sulfone groups is 1. The van der Waals surface area contributed by atoms with Crippen LogP contribution in [0.5, 0.6) is 5.75 Å². The van der Waals surface area contributed by atoms with Crippen molar-refractivity contribution in [2.45, 2.75) is 23.6 Å². The molecule has 3 aromatic rings. The third-order valence-corrected chi connectivity index (χ3v) is 6.86. The highest BCUT2D eigenvalue weighted by Crippen LogP contribution is 2.38. The van der Waals surface area contributed by atoms with Gasteiger partial charge >= 0.3 is 0 Å². The Morgan fingerprint density at radius 3 is 2.19 bits per heavy atom. The Bertz CT molecular complexity index is 1290. The van der Waals surface area contributed by atoms with Gasteiger partial charge in [-0.05, 0) is 67.4 Å². The molecular formula is C21H17ClN2O6S. The van der Waals surface area contributed by atoms with Crippen molar-refractivity contribution in [2.24, 2.45) is 0 Å². The Kier molecular flexibility index (Phi) is 6.01. The van der Waals surface area contributed by atoms with E-state index in [1.54, 1.807) is 0 Å². The molecule has 8 nitrogen and oxygen atoms in total. The number of non-ortho nitro benzene ring substituents is 1. The molecule has 10 heteroatoms. The van der Waals surface area contributed by atoms with Crippen LogP contribution in [-0.4, -0.2) is 24.4 Å². The third-order valence-electron chi connectivity index (χ3n) is 4.68. The van der Waals surface area contributed by atoms with E-state index in [-0.39, 0.29) is 37.9 Å². The molecule has 160 valence electrons. The van der Waals surface area contributed by atoms with Gasteiger partial charge in [0.05, 0.1) is 9.82 Å². The molecule has 0 unspecified atom stereocenters. The van der Waals surface area contributed by atoms with Gasteiger partial charge in [-0.15, -0.1) is 0 Å². The molecule has 0 bridgehead atoms. The highest BCUT2D eigenvalue weighted by atomic mass is 35.5. The number of halogens is 1. The van der Waals surface area contributed by atoms with Gasteiger partial charge < -0.3 is 10.4 Å². The standard InChI is InChI=1S/C21H17ClN2O6S/c1-12-11-18(23-21(26)14-3-7-16(8-4-14)24(27)28)13(2)20(19(12)25)31(29,30)17-9-5-15(22)6-10-17/h3-11,25H,1-2H3,(H,23,26). The zero-order chi connectivity index (χ0) is 22.9. The van der Waals surface area contributed by atoms with Crippen LogP contribution in [0, 0.1) is 24.0 Å². The minimum Gasteiger partial charge on any atom is -0.506 e. The van der Waals surface area contributed by atoms with Crippen LogP contribution in [0.25, 0.3) is 0 Å². The number of amides is 1. The molecule has 1 amide bonds. The van der Waals surface area contributed by atoms with Gasteiger partial charge in [-0.25, -0.2) is 8.42 Å². The highest BCUT2D eigenvalue weighted by molar-refractivity contribution is 7.91. The number of carbonyl (C=O) groups is 1. The first-order valence-electron chi connectivity index (χ1n) is 8.92. The summed E-state index contributed by atoms with van der Waals surface area (Å²) in [6.45, 7) is 2.98. The molecule has 0 aliphatic heterocycles.